The fourth-order valence-electron chi connectivity index (χ4n) is 2.24. The van der Waals surface area contributed by atoms with Gasteiger partial charge in [0.05, 0.1) is 11.4 Å². The summed E-state index contributed by atoms with van der Waals surface area (Å²) in [5, 5.41) is 12.3. The van der Waals surface area contributed by atoms with E-state index in [1.54, 1.807) is 17.5 Å². The molecule has 3 aromatic rings. The maximum absolute atomic E-state index is 10.3. The molecule has 0 spiro atoms. The predicted molar refractivity (Wildman–Crippen MR) is 75.4 cm³/mol. The van der Waals surface area contributed by atoms with Crippen molar-refractivity contribution >= 4 is 16.3 Å². The highest BCUT2D eigenvalue weighted by Gasteiger charge is 2.15. The Bertz CT molecular complexity index is 688. The number of aliphatic hydroxyl groups excluding tert-OH is 1. The predicted octanol–water partition coefficient (Wildman–Crippen LogP) is 2.68. The van der Waals surface area contributed by atoms with Crippen LogP contribution in [0.1, 0.15) is 28.6 Å². The van der Waals surface area contributed by atoms with Crippen molar-refractivity contribution in [3.63, 3.8) is 0 Å². The summed E-state index contributed by atoms with van der Waals surface area (Å²) in [6, 6.07) is 2.04. The summed E-state index contributed by atoms with van der Waals surface area (Å²) in [4.78, 5) is 9.77. The van der Waals surface area contributed by atoms with E-state index in [9.17, 15) is 5.11 Å². The van der Waals surface area contributed by atoms with Gasteiger partial charge in [-0.3, -0.25) is 9.38 Å². The highest BCUT2D eigenvalue weighted by molar-refractivity contribution is 7.15. The molecule has 1 unspecified atom stereocenters. The maximum atomic E-state index is 10.3. The van der Waals surface area contributed by atoms with Crippen LogP contribution in [-0.2, 0) is 6.42 Å². The van der Waals surface area contributed by atoms with Gasteiger partial charge in [0.1, 0.15) is 6.10 Å². The van der Waals surface area contributed by atoms with Gasteiger partial charge < -0.3 is 5.11 Å². The standard InChI is InChI=1S/C14H15N3OS/c1-9-5-10(2)13(15-7-9)12(18)6-11-8-17-3-4-19-14(17)16-11/h3-5,7-8,12,18H,6H2,1-2H3. The summed E-state index contributed by atoms with van der Waals surface area (Å²) in [5.41, 5.74) is 3.76. The Morgan fingerprint density at radius 1 is 1.42 bits per heavy atom. The van der Waals surface area contributed by atoms with Gasteiger partial charge in [0.2, 0.25) is 0 Å². The molecule has 5 heteroatoms. The zero-order valence-electron chi connectivity index (χ0n) is 10.9. The van der Waals surface area contributed by atoms with E-state index in [-0.39, 0.29) is 0 Å². The Labute approximate surface area is 115 Å². The summed E-state index contributed by atoms with van der Waals surface area (Å²) in [7, 11) is 0. The highest BCUT2D eigenvalue weighted by atomic mass is 32.1. The van der Waals surface area contributed by atoms with Crippen molar-refractivity contribution in [3.05, 3.63) is 52.6 Å². The number of thiazole rings is 1. The lowest BCUT2D eigenvalue weighted by molar-refractivity contribution is 0.171. The maximum Gasteiger partial charge on any atom is 0.193 e. The molecule has 98 valence electrons. The SMILES string of the molecule is Cc1cnc(C(O)Cc2cn3ccsc3n2)c(C)c1. The summed E-state index contributed by atoms with van der Waals surface area (Å²) < 4.78 is 1.97. The molecule has 3 aromatic heterocycles. The van der Waals surface area contributed by atoms with Crippen LogP contribution in [0.15, 0.2) is 30.0 Å². The van der Waals surface area contributed by atoms with E-state index in [2.05, 4.69) is 9.97 Å². The topological polar surface area (TPSA) is 50.4 Å². The molecule has 0 fully saturated rings. The first-order chi connectivity index (χ1) is 9.13. The van der Waals surface area contributed by atoms with Gasteiger partial charge in [0.25, 0.3) is 0 Å². The van der Waals surface area contributed by atoms with Crippen molar-refractivity contribution in [1.82, 2.24) is 14.4 Å². The Morgan fingerprint density at radius 2 is 2.26 bits per heavy atom. The van der Waals surface area contributed by atoms with Gasteiger partial charge >= 0.3 is 0 Å². The smallest absolute Gasteiger partial charge is 0.193 e. The Morgan fingerprint density at radius 3 is 3.00 bits per heavy atom. The van der Waals surface area contributed by atoms with Crippen molar-refractivity contribution < 1.29 is 5.11 Å². The number of hydrogen-bond acceptors (Lipinski definition) is 4. The minimum atomic E-state index is -0.606. The lowest BCUT2D eigenvalue weighted by atomic mass is 10.1. The average Bonchev–Trinajstić information content (AvgIpc) is 2.89. The van der Waals surface area contributed by atoms with Crippen LogP contribution in [0.25, 0.3) is 4.96 Å². The third-order valence-electron chi connectivity index (χ3n) is 3.12. The van der Waals surface area contributed by atoms with Crippen molar-refractivity contribution in [3.8, 4) is 0 Å². The zero-order chi connectivity index (χ0) is 13.4. The fraction of sp³-hybridized carbons (Fsp3) is 0.286. The lowest BCUT2D eigenvalue weighted by Gasteiger charge is -2.11. The van der Waals surface area contributed by atoms with Crippen LogP contribution in [-0.4, -0.2) is 19.5 Å². The average molecular weight is 273 g/mol. The molecule has 1 N–H and O–H groups in total. The molecule has 19 heavy (non-hydrogen) atoms. The van der Waals surface area contributed by atoms with E-state index in [1.807, 2.05) is 42.1 Å². The van der Waals surface area contributed by atoms with E-state index in [4.69, 9.17) is 0 Å². The second-order valence-corrected chi connectivity index (χ2v) is 5.63. The number of imidazole rings is 1. The molecule has 3 rings (SSSR count). The normalized spacial score (nSPS) is 13.0. The van der Waals surface area contributed by atoms with E-state index >= 15 is 0 Å². The Hall–Kier alpha value is -1.72. The largest absolute Gasteiger partial charge is 0.386 e. The van der Waals surface area contributed by atoms with Crippen LogP contribution in [0.4, 0.5) is 0 Å². The van der Waals surface area contributed by atoms with Crippen molar-refractivity contribution in [1.29, 1.82) is 0 Å². The molecule has 0 saturated heterocycles. The molecule has 0 aromatic carbocycles. The number of aromatic nitrogens is 3. The molecular weight excluding hydrogens is 258 g/mol. The molecule has 0 aliphatic heterocycles. The van der Waals surface area contributed by atoms with Crippen molar-refractivity contribution in [2.45, 2.75) is 26.4 Å². The van der Waals surface area contributed by atoms with Gasteiger partial charge in [0.15, 0.2) is 4.96 Å². The molecule has 0 aliphatic carbocycles. The molecule has 1 atom stereocenters. The number of rotatable bonds is 3. The Kier molecular flexibility index (Phi) is 3.08. The first-order valence-corrected chi connectivity index (χ1v) is 7.04. The van der Waals surface area contributed by atoms with Gasteiger partial charge in [-0.1, -0.05) is 6.07 Å². The molecule has 3 heterocycles. The number of nitrogens with zero attached hydrogens (tertiary/aromatic N) is 3. The molecule has 0 radical (unpaired) electrons. The molecule has 0 amide bonds. The number of pyridine rings is 1. The molecular formula is C14H15N3OS. The number of hydrogen-bond donors (Lipinski definition) is 1. The van der Waals surface area contributed by atoms with Gasteiger partial charge in [-0.25, -0.2) is 4.98 Å². The first kappa shape index (κ1) is 12.3. The van der Waals surface area contributed by atoms with Crippen molar-refractivity contribution in [2.75, 3.05) is 0 Å². The quantitative estimate of drug-likeness (QED) is 0.798. The summed E-state index contributed by atoms with van der Waals surface area (Å²) in [6.45, 7) is 3.98. The van der Waals surface area contributed by atoms with Crippen LogP contribution in [0, 0.1) is 13.8 Å². The monoisotopic (exact) mass is 273 g/mol. The second-order valence-electron chi connectivity index (χ2n) is 4.76. The molecule has 4 nitrogen and oxygen atoms in total. The number of aryl methyl sites for hydroxylation is 2. The molecule has 0 aliphatic rings. The fourth-order valence-corrected chi connectivity index (χ4v) is 2.96. The van der Waals surface area contributed by atoms with Gasteiger partial charge in [-0.15, -0.1) is 11.3 Å². The van der Waals surface area contributed by atoms with Crippen molar-refractivity contribution in [2.24, 2.45) is 0 Å². The van der Waals surface area contributed by atoms with E-state index < -0.39 is 6.10 Å². The number of fused-ring (bicyclic) bond motifs is 1. The lowest BCUT2D eigenvalue weighted by Crippen LogP contribution is -2.07. The van der Waals surface area contributed by atoms with E-state index in [0.29, 0.717) is 6.42 Å². The minimum absolute atomic E-state index is 0.491. The van der Waals surface area contributed by atoms with E-state index in [1.165, 1.54) is 0 Å². The summed E-state index contributed by atoms with van der Waals surface area (Å²) >= 11 is 1.59. The summed E-state index contributed by atoms with van der Waals surface area (Å²) in [6.07, 6.45) is 5.60. The molecule has 0 saturated carbocycles. The molecule has 0 bridgehead atoms. The van der Waals surface area contributed by atoms with Crippen LogP contribution < -0.4 is 0 Å². The summed E-state index contributed by atoms with van der Waals surface area (Å²) in [5.74, 6) is 0. The van der Waals surface area contributed by atoms with E-state index in [0.717, 1.165) is 27.5 Å². The second kappa shape index (κ2) is 4.75. The van der Waals surface area contributed by atoms with Crippen LogP contribution in [0.5, 0.6) is 0 Å². The Balaban J connectivity index is 1.84. The van der Waals surface area contributed by atoms with Gasteiger partial charge in [-0.2, -0.15) is 0 Å². The number of aliphatic hydroxyl groups is 1. The van der Waals surface area contributed by atoms with Crippen LogP contribution >= 0.6 is 11.3 Å². The third-order valence-corrected chi connectivity index (χ3v) is 3.89. The third kappa shape index (κ3) is 2.39. The van der Waals surface area contributed by atoms with Gasteiger partial charge in [0, 0.05) is 30.4 Å². The van der Waals surface area contributed by atoms with Crippen LogP contribution in [0.3, 0.4) is 0 Å². The zero-order valence-corrected chi connectivity index (χ0v) is 11.7. The minimum Gasteiger partial charge on any atom is -0.386 e. The highest BCUT2D eigenvalue weighted by Crippen LogP contribution is 2.21. The van der Waals surface area contributed by atoms with Crippen LogP contribution in [0.2, 0.25) is 0 Å². The van der Waals surface area contributed by atoms with Gasteiger partial charge in [-0.05, 0) is 25.0 Å². The first-order valence-electron chi connectivity index (χ1n) is 6.16.